The van der Waals surface area contributed by atoms with Crippen molar-refractivity contribution in [3.63, 3.8) is 0 Å². The predicted molar refractivity (Wildman–Crippen MR) is 81.8 cm³/mol. The number of ether oxygens (including phenoxy) is 2. The lowest BCUT2D eigenvalue weighted by atomic mass is 9.98. The fraction of sp³-hybridized carbons (Fsp3) is 0.438. The van der Waals surface area contributed by atoms with E-state index in [-0.39, 0.29) is 24.3 Å². The summed E-state index contributed by atoms with van der Waals surface area (Å²) in [6, 6.07) is 5.45. The minimum Gasteiger partial charge on any atom is -0.481 e. The molecule has 1 fully saturated rings. The maximum absolute atomic E-state index is 12.4. The van der Waals surface area contributed by atoms with Gasteiger partial charge in [-0.2, -0.15) is 0 Å². The van der Waals surface area contributed by atoms with Crippen molar-refractivity contribution in [2.45, 2.75) is 31.4 Å². The number of nitrogens with two attached hydrogens (primary N) is 1. The molecule has 3 rings (SSSR count). The predicted octanol–water partition coefficient (Wildman–Crippen LogP) is 1.26. The first-order chi connectivity index (χ1) is 10.7. The van der Waals surface area contributed by atoms with Gasteiger partial charge < -0.3 is 15.2 Å². The summed E-state index contributed by atoms with van der Waals surface area (Å²) in [7, 11) is 1.56. The van der Waals surface area contributed by atoms with Crippen molar-refractivity contribution in [1.29, 1.82) is 0 Å². The van der Waals surface area contributed by atoms with Crippen LogP contribution in [0.15, 0.2) is 24.4 Å². The van der Waals surface area contributed by atoms with Gasteiger partial charge in [-0.05, 0) is 30.5 Å². The van der Waals surface area contributed by atoms with Crippen molar-refractivity contribution in [3.8, 4) is 5.88 Å². The summed E-state index contributed by atoms with van der Waals surface area (Å²) in [4.78, 5) is 21.1. The summed E-state index contributed by atoms with van der Waals surface area (Å²) in [5, 5.41) is 0. The molecule has 0 bridgehead atoms. The molecule has 1 aliphatic rings. The molecule has 0 aliphatic carbocycles. The largest absolute Gasteiger partial charge is 0.481 e. The number of carbonyl (C=O) groups excluding carboxylic acids is 1. The molecule has 0 amide bonds. The number of ketones is 1. The summed E-state index contributed by atoms with van der Waals surface area (Å²) in [6.45, 7) is 0.444. The summed E-state index contributed by atoms with van der Waals surface area (Å²) in [5.74, 6) is 0.568. The molecule has 0 saturated carbocycles. The Hall–Kier alpha value is -2.05. The highest BCUT2D eigenvalue weighted by Crippen LogP contribution is 2.21. The molecular weight excluding hydrogens is 282 g/mol. The van der Waals surface area contributed by atoms with E-state index in [1.54, 1.807) is 19.4 Å². The smallest absolute Gasteiger partial charge is 0.213 e. The van der Waals surface area contributed by atoms with Gasteiger partial charge in [0.2, 0.25) is 5.88 Å². The third-order valence-electron chi connectivity index (χ3n) is 3.89. The van der Waals surface area contributed by atoms with Crippen LogP contribution in [0, 0.1) is 0 Å². The number of methoxy groups -OCH3 is 1. The number of fused-ring (bicyclic) bond motifs is 1. The van der Waals surface area contributed by atoms with Crippen LogP contribution in [0.25, 0.3) is 11.0 Å². The van der Waals surface area contributed by atoms with Crippen LogP contribution in [-0.2, 0) is 16.0 Å². The highest BCUT2D eigenvalue weighted by Gasteiger charge is 2.25. The van der Waals surface area contributed by atoms with Gasteiger partial charge in [-0.1, -0.05) is 0 Å². The summed E-state index contributed by atoms with van der Waals surface area (Å²) >= 11 is 0. The minimum absolute atomic E-state index is 0.0386. The Morgan fingerprint density at radius 1 is 1.41 bits per heavy atom. The number of nitrogens with zero attached hydrogens (tertiary/aromatic N) is 2. The lowest BCUT2D eigenvalue weighted by Gasteiger charge is -2.25. The van der Waals surface area contributed by atoms with Crippen LogP contribution >= 0.6 is 0 Å². The van der Waals surface area contributed by atoms with Gasteiger partial charge in [-0.25, -0.2) is 4.98 Å². The van der Waals surface area contributed by atoms with Crippen LogP contribution in [0.5, 0.6) is 5.88 Å². The first kappa shape index (κ1) is 14.9. The van der Waals surface area contributed by atoms with E-state index in [1.807, 2.05) is 12.1 Å². The third kappa shape index (κ3) is 3.08. The number of pyridine rings is 2. The van der Waals surface area contributed by atoms with E-state index in [0.29, 0.717) is 24.4 Å². The molecular formula is C16H19N3O3. The lowest BCUT2D eigenvalue weighted by molar-refractivity contribution is -0.133. The fourth-order valence-electron chi connectivity index (χ4n) is 2.64. The molecule has 2 aromatic rings. The van der Waals surface area contributed by atoms with Gasteiger partial charge in [0.15, 0.2) is 5.78 Å². The van der Waals surface area contributed by atoms with Gasteiger partial charge in [0.25, 0.3) is 0 Å². The maximum atomic E-state index is 12.4. The van der Waals surface area contributed by atoms with Crippen LogP contribution in [0.3, 0.4) is 0 Å². The molecule has 3 heterocycles. The molecule has 0 aromatic carbocycles. The van der Waals surface area contributed by atoms with Gasteiger partial charge in [0.1, 0.15) is 6.10 Å². The maximum Gasteiger partial charge on any atom is 0.213 e. The van der Waals surface area contributed by atoms with Crippen molar-refractivity contribution in [2.75, 3.05) is 13.7 Å². The molecule has 22 heavy (non-hydrogen) atoms. The van der Waals surface area contributed by atoms with E-state index in [4.69, 9.17) is 15.2 Å². The van der Waals surface area contributed by atoms with Gasteiger partial charge in [-0.15, -0.1) is 0 Å². The molecule has 1 saturated heterocycles. The first-order valence-corrected chi connectivity index (χ1v) is 7.36. The third-order valence-corrected chi connectivity index (χ3v) is 3.89. The number of carbonyl (C=O) groups is 1. The summed E-state index contributed by atoms with van der Waals surface area (Å²) in [5.41, 5.74) is 8.07. The van der Waals surface area contributed by atoms with E-state index in [2.05, 4.69) is 9.97 Å². The lowest BCUT2D eigenvalue weighted by Crippen LogP contribution is -2.39. The SMILES string of the molecule is COc1ccc2nccc(CC(=O)[C@@H]3CC[C@@H](N)CO3)c2n1. The molecule has 2 atom stereocenters. The summed E-state index contributed by atoms with van der Waals surface area (Å²) in [6.07, 6.45) is 3.10. The van der Waals surface area contributed by atoms with Crippen LogP contribution in [0.4, 0.5) is 0 Å². The second-order valence-corrected chi connectivity index (χ2v) is 5.49. The molecule has 0 unspecified atom stereocenters. The highest BCUT2D eigenvalue weighted by molar-refractivity contribution is 5.89. The van der Waals surface area contributed by atoms with Crippen LogP contribution in [0.2, 0.25) is 0 Å². The first-order valence-electron chi connectivity index (χ1n) is 7.36. The van der Waals surface area contributed by atoms with E-state index >= 15 is 0 Å². The second kappa shape index (κ2) is 6.37. The molecule has 6 nitrogen and oxygen atoms in total. The number of rotatable bonds is 4. The fourth-order valence-corrected chi connectivity index (χ4v) is 2.64. The molecule has 0 radical (unpaired) electrons. The monoisotopic (exact) mass is 301 g/mol. The topological polar surface area (TPSA) is 87.3 Å². The van der Waals surface area contributed by atoms with E-state index < -0.39 is 0 Å². The average Bonchev–Trinajstić information content (AvgIpc) is 2.55. The van der Waals surface area contributed by atoms with Gasteiger partial charge in [0.05, 0.1) is 24.8 Å². The summed E-state index contributed by atoms with van der Waals surface area (Å²) < 4.78 is 10.7. The van der Waals surface area contributed by atoms with Crippen molar-refractivity contribution in [1.82, 2.24) is 9.97 Å². The minimum atomic E-state index is -0.367. The number of aromatic nitrogens is 2. The molecule has 116 valence electrons. The molecule has 0 spiro atoms. The Morgan fingerprint density at radius 3 is 3.00 bits per heavy atom. The standard InChI is InChI=1S/C16H19N3O3/c1-21-15-5-3-12-16(19-15)10(6-7-18-12)8-13(20)14-4-2-11(17)9-22-14/h3,5-7,11,14H,2,4,8-9,17H2,1H3/t11-,14+/m1/s1. The molecule has 2 N–H and O–H groups in total. The number of Topliss-reactive ketones (excluding diaryl/α,β-unsaturated/α-hetero) is 1. The Bertz CT molecular complexity index is 681. The Balaban J connectivity index is 1.82. The number of hydrogen-bond acceptors (Lipinski definition) is 6. The normalized spacial score (nSPS) is 21.7. The van der Waals surface area contributed by atoms with Crippen molar-refractivity contribution < 1.29 is 14.3 Å². The molecule has 1 aliphatic heterocycles. The Morgan fingerprint density at radius 2 is 2.27 bits per heavy atom. The van der Waals surface area contributed by atoms with Crippen molar-refractivity contribution in [2.24, 2.45) is 5.73 Å². The van der Waals surface area contributed by atoms with Gasteiger partial charge >= 0.3 is 0 Å². The molecule has 6 heteroatoms. The van der Waals surface area contributed by atoms with E-state index in [1.165, 1.54) is 0 Å². The Kier molecular flexibility index (Phi) is 4.31. The van der Waals surface area contributed by atoms with Gasteiger partial charge in [0, 0.05) is 24.7 Å². The quantitative estimate of drug-likeness (QED) is 0.914. The zero-order valence-electron chi connectivity index (χ0n) is 12.5. The van der Waals surface area contributed by atoms with Crippen molar-refractivity contribution >= 4 is 16.8 Å². The highest BCUT2D eigenvalue weighted by atomic mass is 16.5. The van der Waals surface area contributed by atoms with Crippen LogP contribution in [0.1, 0.15) is 18.4 Å². The average molecular weight is 301 g/mol. The number of hydrogen-bond donors (Lipinski definition) is 1. The zero-order chi connectivity index (χ0) is 15.5. The zero-order valence-corrected chi connectivity index (χ0v) is 12.5. The Labute approximate surface area is 128 Å². The second-order valence-electron chi connectivity index (χ2n) is 5.49. The van der Waals surface area contributed by atoms with E-state index in [0.717, 1.165) is 17.5 Å². The van der Waals surface area contributed by atoms with Crippen LogP contribution < -0.4 is 10.5 Å². The van der Waals surface area contributed by atoms with Crippen LogP contribution in [-0.4, -0.2) is 41.6 Å². The molecule has 2 aromatic heterocycles. The van der Waals surface area contributed by atoms with Gasteiger partial charge in [-0.3, -0.25) is 9.78 Å². The van der Waals surface area contributed by atoms with E-state index in [9.17, 15) is 4.79 Å². The van der Waals surface area contributed by atoms with Crippen molar-refractivity contribution in [3.05, 3.63) is 30.0 Å².